The molecule has 0 aliphatic carbocycles. The minimum Gasteiger partial charge on any atom is -0.481 e. The van der Waals surface area contributed by atoms with Crippen LogP contribution in [-0.4, -0.2) is 44.5 Å². The monoisotopic (exact) mass is 341 g/mol. The van der Waals surface area contributed by atoms with Gasteiger partial charge in [-0.15, -0.1) is 0 Å². The topological polar surface area (TPSA) is 56.8 Å². The van der Waals surface area contributed by atoms with Gasteiger partial charge in [-0.3, -0.25) is 4.79 Å². The van der Waals surface area contributed by atoms with Crippen molar-refractivity contribution < 1.29 is 19.0 Å². The number of benzene rings is 1. The maximum Gasteiger partial charge on any atom is 0.260 e. The molecule has 0 radical (unpaired) electrons. The lowest BCUT2D eigenvalue weighted by atomic mass is 10.2. The SMILES string of the molecule is CC(Oc1cccc(Cl)c1)C(=O)NCCCOCC1CCCO1. The zero-order valence-corrected chi connectivity index (χ0v) is 14.2. The van der Waals surface area contributed by atoms with Crippen LogP contribution in [0, 0.1) is 0 Å². The van der Waals surface area contributed by atoms with Gasteiger partial charge in [0.15, 0.2) is 6.10 Å². The van der Waals surface area contributed by atoms with Crippen molar-refractivity contribution in [3.05, 3.63) is 29.3 Å². The summed E-state index contributed by atoms with van der Waals surface area (Å²) < 4.78 is 16.6. The first-order valence-electron chi connectivity index (χ1n) is 8.04. The summed E-state index contributed by atoms with van der Waals surface area (Å²) in [4.78, 5) is 11.9. The van der Waals surface area contributed by atoms with Crippen LogP contribution in [0.3, 0.4) is 0 Å². The smallest absolute Gasteiger partial charge is 0.260 e. The molecule has 5 nitrogen and oxygen atoms in total. The zero-order valence-electron chi connectivity index (χ0n) is 13.4. The molecular weight excluding hydrogens is 318 g/mol. The van der Waals surface area contributed by atoms with Gasteiger partial charge in [0.25, 0.3) is 5.91 Å². The van der Waals surface area contributed by atoms with Crippen LogP contribution in [0.4, 0.5) is 0 Å². The van der Waals surface area contributed by atoms with E-state index in [0.29, 0.717) is 30.5 Å². The molecule has 1 saturated heterocycles. The van der Waals surface area contributed by atoms with Crippen molar-refractivity contribution >= 4 is 17.5 Å². The molecule has 1 aliphatic heterocycles. The maximum absolute atomic E-state index is 11.9. The Morgan fingerprint density at radius 1 is 1.52 bits per heavy atom. The Bertz CT molecular complexity index is 491. The predicted octanol–water partition coefficient (Wildman–Crippen LogP) is 2.81. The van der Waals surface area contributed by atoms with Gasteiger partial charge >= 0.3 is 0 Å². The first-order valence-corrected chi connectivity index (χ1v) is 8.42. The third-order valence-corrected chi connectivity index (χ3v) is 3.81. The third kappa shape index (κ3) is 6.77. The van der Waals surface area contributed by atoms with E-state index in [4.69, 9.17) is 25.8 Å². The molecule has 23 heavy (non-hydrogen) atoms. The molecule has 0 saturated carbocycles. The van der Waals surface area contributed by atoms with Gasteiger partial charge in [-0.25, -0.2) is 0 Å². The van der Waals surface area contributed by atoms with Gasteiger partial charge in [-0.2, -0.15) is 0 Å². The number of amides is 1. The molecule has 2 unspecified atom stereocenters. The van der Waals surface area contributed by atoms with Gasteiger partial charge in [0.1, 0.15) is 5.75 Å². The first kappa shape index (κ1) is 18.0. The molecule has 0 bridgehead atoms. The van der Waals surface area contributed by atoms with Crippen molar-refractivity contribution in [1.29, 1.82) is 0 Å². The van der Waals surface area contributed by atoms with Crippen molar-refractivity contribution in [2.24, 2.45) is 0 Å². The largest absolute Gasteiger partial charge is 0.481 e. The molecule has 1 aliphatic rings. The van der Waals surface area contributed by atoms with E-state index in [-0.39, 0.29) is 12.0 Å². The molecule has 1 N–H and O–H groups in total. The molecule has 1 aromatic rings. The highest BCUT2D eigenvalue weighted by Crippen LogP contribution is 2.18. The van der Waals surface area contributed by atoms with Crippen LogP contribution in [0.25, 0.3) is 0 Å². The molecule has 0 spiro atoms. The van der Waals surface area contributed by atoms with Gasteiger partial charge in [-0.05, 0) is 44.4 Å². The molecule has 1 aromatic carbocycles. The van der Waals surface area contributed by atoms with E-state index in [9.17, 15) is 4.79 Å². The number of carbonyl (C=O) groups excluding carboxylic acids is 1. The van der Waals surface area contributed by atoms with Crippen LogP contribution < -0.4 is 10.1 Å². The van der Waals surface area contributed by atoms with E-state index < -0.39 is 6.10 Å². The quantitative estimate of drug-likeness (QED) is 0.702. The lowest BCUT2D eigenvalue weighted by molar-refractivity contribution is -0.127. The van der Waals surface area contributed by atoms with E-state index in [1.165, 1.54) is 0 Å². The van der Waals surface area contributed by atoms with Crippen molar-refractivity contribution in [1.82, 2.24) is 5.32 Å². The van der Waals surface area contributed by atoms with Crippen molar-refractivity contribution in [3.63, 3.8) is 0 Å². The fourth-order valence-corrected chi connectivity index (χ4v) is 2.50. The lowest BCUT2D eigenvalue weighted by Crippen LogP contribution is -2.37. The summed E-state index contributed by atoms with van der Waals surface area (Å²) in [7, 11) is 0. The fourth-order valence-electron chi connectivity index (χ4n) is 2.32. The summed E-state index contributed by atoms with van der Waals surface area (Å²) in [6, 6.07) is 7.00. The average Bonchev–Trinajstić information content (AvgIpc) is 3.03. The molecule has 128 valence electrons. The third-order valence-electron chi connectivity index (χ3n) is 3.57. The molecular formula is C17H24ClNO4. The maximum atomic E-state index is 11.9. The second kappa shape index (κ2) is 9.75. The zero-order chi connectivity index (χ0) is 16.5. The number of nitrogens with one attached hydrogen (secondary N) is 1. The van der Waals surface area contributed by atoms with Crippen molar-refractivity contribution in [2.75, 3.05) is 26.4 Å². The molecule has 0 aromatic heterocycles. The van der Waals surface area contributed by atoms with Crippen LogP contribution >= 0.6 is 11.6 Å². The van der Waals surface area contributed by atoms with E-state index >= 15 is 0 Å². The molecule has 6 heteroatoms. The predicted molar refractivity (Wildman–Crippen MR) is 89.0 cm³/mol. The van der Waals surface area contributed by atoms with Gasteiger partial charge in [0.2, 0.25) is 0 Å². The summed E-state index contributed by atoms with van der Waals surface area (Å²) in [6.07, 6.45) is 2.64. The highest BCUT2D eigenvalue weighted by Gasteiger charge is 2.16. The van der Waals surface area contributed by atoms with E-state index in [1.807, 2.05) is 0 Å². The summed E-state index contributed by atoms with van der Waals surface area (Å²) in [5, 5.41) is 3.42. The molecule has 1 heterocycles. The average molecular weight is 342 g/mol. The number of hydrogen-bond acceptors (Lipinski definition) is 4. The second-order valence-corrected chi connectivity index (χ2v) is 6.01. The Balaban J connectivity index is 1.55. The molecule has 1 amide bonds. The first-order chi connectivity index (χ1) is 11.1. The number of hydrogen-bond donors (Lipinski definition) is 1. The Kier molecular flexibility index (Phi) is 7.65. The Labute approximate surface area is 142 Å². The normalized spacial score (nSPS) is 18.6. The standard InChI is InChI=1S/C17H24ClNO4/c1-13(23-15-6-2-5-14(18)11-15)17(20)19-8-4-9-21-12-16-7-3-10-22-16/h2,5-6,11,13,16H,3-4,7-10,12H2,1H3,(H,19,20). The highest BCUT2D eigenvalue weighted by molar-refractivity contribution is 6.30. The lowest BCUT2D eigenvalue weighted by Gasteiger charge is -2.15. The number of carbonyl (C=O) groups is 1. The van der Waals surface area contributed by atoms with Crippen LogP contribution in [-0.2, 0) is 14.3 Å². The molecule has 1 fully saturated rings. The van der Waals surface area contributed by atoms with Crippen LogP contribution in [0.2, 0.25) is 5.02 Å². The van der Waals surface area contributed by atoms with Gasteiger partial charge in [0.05, 0.1) is 12.7 Å². The fraction of sp³-hybridized carbons (Fsp3) is 0.588. The summed E-state index contributed by atoms with van der Waals surface area (Å²) in [5.74, 6) is 0.434. The summed E-state index contributed by atoms with van der Waals surface area (Å²) >= 11 is 5.88. The summed E-state index contributed by atoms with van der Waals surface area (Å²) in [5.41, 5.74) is 0. The van der Waals surface area contributed by atoms with Gasteiger partial charge in [-0.1, -0.05) is 17.7 Å². The summed E-state index contributed by atoms with van der Waals surface area (Å²) in [6.45, 7) is 4.37. The van der Waals surface area contributed by atoms with Gasteiger partial charge in [0, 0.05) is 24.8 Å². The minimum atomic E-state index is -0.568. The van der Waals surface area contributed by atoms with Crippen LogP contribution in [0.1, 0.15) is 26.2 Å². The van der Waals surface area contributed by atoms with E-state index in [0.717, 1.165) is 25.9 Å². The van der Waals surface area contributed by atoms with E-state index in [1.54, 1.807) is 31.2 Å². The van der Waals surface area contributed by atoms with Crippen molar-refractivity contribution in [3.8, 4) is 5.75 Å². The van der Waals surface area contributed by atoms with E-state index in [2.05, 4.69) is 5.32 Å². The van der Waals surface area contributed by atoms with Crippen LogP contribution in [0.5, 0.6) is 5.75 Å². The Morgan fingerprint density at radius 3 is 3.13 bits per heavy atom. The Morgan fingerprint density at radius 2 is 2.39 bits per heavy atom. The Hall–Kier alpha value is -1.30. The van der Waals surface area contributed by atoms with Gasteiger partial charge < -0.3 is 19.5 Å². The second-order valence-electron chi connectivity index (χ2n) is 5.57. The minimum absolute atomic E-state index is 0.149. The molecule has 2 rings (SSSR count). The number of rotatable bonds is 9. The number of halogens is 1. The van der Waals surface area contributed by atoms with Crippen molar-refractivity contribution in [2.45, 2.75) is 38.4 Å². The molecule has 2 atom stereocenters. The number of ether oxygens (including phenoxy) is 3. The van der Waals surface area contributed by atoms with Crippen LogP contribution in [0.15, 0.2) is 24.3 Å². The highest BCUT2D eigenvalue weighted by atomic mass is 35.5.